The highest BCUT2D eigenvalue weighted by Gasteiger charge is 2.34. The fourth-order valence-electron chi connectivity index (χ4n) is 3.69. The van der Waals surface area contributed by atoms with E-state index < -0.39 is 24.7 Å². The molecule has 0 bridgehead atoms. The summed E-state index contributed by atoms with van der Waals surface area (Å²) in [6, 6.07) is 16.1. The van der Waals surface area contributed by atoms with Gasteiger partial charge in [-0.1, -0.05) is 30.3 Å². The highest BCUT2D eigenvalue weighted by Crippen LogP contribution is 2.32. The fraction of sp³-hybridized carbons (Fsp3) is 0.276. The third-order valence-electron chi connectivity index (χ3n) is 5.79. The number of anilines is 2. The number of alkyl halides is 5. The predicted molar refractivity (Wildman–Crippen MR) is 140 cm³/mol. The van der Waals surface area contributed by atoms with Crippen LogP contribution in [0.1, 0.15) is 41.5 Å². The number of esters is 1. The zero-order chi connectivity index (χ0) is 28.5. The molecule has 0 unspecified atom stereocenters. The number of aryl methyl sites for hydroxylation is 1. The van der Waals surface area contributed by atoms with E-state index >= 15 is 0 Å². The summed E-state index contributed by atoms with van der Waals surface area (Å²) in [6.07, 6.45) is -4.85. The summed E-state index contributed by atoms with van der Waals surface area (Å²) >= 11 is 0. The molecule has 4 N–H and O–H groups in total. The number of hydrogen-bond donors (Lipinski definition) is 2. The molecular formula is C29H29F5N2O3. The Morgan fingerprint density at radius 2 is 1.54 bits per heavy atom. The highest BCUT2D eigenvalue weighted by molar-refractivity contribution is 5.87. The van der Waals surface area contributed by atoms with Gasteiger partial charge < -0.3 is 20.9 Å². The van der Waals surface area contributed by atoms with Crippen LogP contribution in [-0.4, -0.2) is 18.8 Å². The van der Waals surface area contributed by atoms with E-state index in [0.717, 1.165) is 11.1 Å². The zero-order valence-electron chi connectivity index (χ0n) is 21.0. The maximum Gasteiger partial charge on any atom is 0.426 e. The summed E-state index contributed by atoms with van der Waals surface area (Å²) in [6.45, 7) is 0.110. The lowest BCUT2D eigenvalue weighted by atomic mass is 10.1. The molecule has 0 heterocycles. The second-order valence-corrected chi connectivity index (χ2v) is 8.92. The highest BCUT2D eigenvalue weighted by atomic mass is 19.4. The number of unbranched alkanes of at least 4 members (excludes halogenated alkanes) is 1. The molecule has 0 aliphatic carbocycles. The van der Waals surface area contributed by atoms with Gasteiger partial charge in [-0.2, -0.15) is 22.0 Å². The second kappa shape index (κ2) is 13.1. The normalized spacial score (nSPS) is 12.0. The van der Waals surface area contributed by atoms with E-state index in [9.17, 15) is 26.7 Å². The Morgan fingerprint density at radius 3 is 2.18 bits per heavy atom. The zero-order valence-corrected chi connectivity index (χ0v) is 21.0. The lowest BCUT2D eigenvalue weighted by Gasteiger charge is -2.18. The number of nitrogens with two attached hydrogens (primary N) is 2. The predicted octanol–water partition coefficient (Wildman–Crippen LogP) is 7.05. The molecule has 0 amide bonds. The van der Waals surface area contributed by atoms with Crippen LogP contribution in [0.3, 0.4) is 0 Å². The first-order valence-corrected chi connectivity index (χ1v) is 12.2. The van der Waals surface area contributed by atoms with Crippen LogP contribution in [0.5, 0.6) is 5.75 Å². The lowest BCUT2D eigenvalue weighted by molar-refractivity contribution is -0.185. The van der Waals surface area contributed by atoms with Crippen molar-refractivity contribution in [2.24, 2.45) is 0 Å². The monoisotopic (exact) mass is 548 g/mol. The number of benzene rings is 3. The molecule has 0 aliphatic heterocycles. The van der Waals surface area contributed by atoms with Crippen molar-refractivity contribution in [3.63, 3.8) is 0 Å². The number of nitrogen functional groups attached to an aromatic ring is 2. The van der Waals surface area contributed by atoms with Gasteiger partial charge >= 0.3 is 18.3 Å². The molecule has 0 aromatic heterocycles. The number of ether oxygens (including phenoxy) is 2. The van der Waals surface area contributed by atoms with Crippen molar-refractivity contribution < 1.29 is 36.2 Å². The number of hydrogen-bond acceptors (Lipinski definition) is 5. The van der Waals surface area contributed by atoms with Gasteiger partial charge in [-0.15, -0.1) is 0 Å². The maximum absolute atomic E-state index is 14.6. The molecule has 208 valence electrons. The molecule has 0 atom stereocenters. The van der Waals surface area contributed by atoms with E-state index in [1.165, 1.54) is 48.6 Å². The fourth-order valence-corrected chi connectivity index (χ4v) is 3.69. The molecule has 0 saturated heterocycles. The number of carbonyl (C=O) groups excluding carboxylic acids is 1. The van der Waals surface area contributed by atoms with E-state index in [-0.39, 0.29) is 24.3 Å². The van der Waals surface area contributed by atoms with Gasteiger partial charge in [0.2, 0.25) is 0 Å². The number of halogens is 5. The minimum atomic E-state index is -4.18. The smallest absolute Gasteiger partial charge is 0.426 e. The topological polar surface area (TPSA) is 87.6 Å². The third kappa shape index (κ3) is 9.96. The largest absolute Gasteiger partial charge is 0.462 e. The number of rotatable bonds is 12. The first-order valence-electron chi connectivity index (χ1n) is 12.2. The van der Waals surface area contributed by atoms with Crippen molar-refractivity contribution in [1.82, 2.24) is 0 Å². The van der Waals surface area contributed by atoms with E-state index in [2.05, 4.69) is 0 Å². The van der Waals surface area contributed by atoms with Gasteiger partial charge in [0, 0.05) is 30.3 Å². The summed E-state index contributed by atoms with van der Waals surface area (Å²) in [7, 11) is 0. The van der Waals surface area contributed by atoms with Crippen molar-refractivity contribution in [3.8, 4) is 5.75 Å². The van der Waals surface area contributed by atoms with Gasteiger partial charge in [-0.3, -0.25) is 0 Å². The van der Waals surface area contributed by atoms with Crippen molar-refractivity contribution in [2.45, 2.75) is 44.4 Å². The van der Waals surface area contributed by atoms with Gasteiger partial charge in [-0.25, -0.2) is 4.79 Å². The lowest BCUT2D eigenvalue weighted by Crippen LogP contribution is -2.21. The molecule has 0 aliphatic rings. The summed E-state index contributed by atoms with van der Waals surface area (Å²) in [5.41, 5.74) is 14.2. The van der Waals surface area contributed by atoms with Gasteiger partial charge in [-0.05, 0) is 78.4 Å². The number of carbonyl (C=O) groups is 1. The Hall–Kier alpha value is -4.08. The minimum absolute atomic E-state index is 0.00622. The molecule has 10 heteroatoms. The minimum Gasteiger partial charge on any atom is -0.462 e. The van der Waals surface area contributed by atoms with Crippen LogP contribution in [0.15, 0.2) is 72.8 Å². The molecule has 39 heavy (non-hydrogen) atoms. The Bertz CT molecular complexity index is 1260. The van der Waals surface area contributed by atoms with Crippen LogP contribution in [0.2, 0.25) is 0 Å². The van der Waals surface area contributed by atoms with E-state index in [1.54, 1.807) is 30.3 Å². The van der Waals surface area contributed by atoms with Crippen LogP contribution in [0.25, 0.3) is 6.08 Å². The van der Waals surface area contributed by atoms with E-state index in [0.29, 0.717) is 36.2 Å². The van der Waals surface area contributed by atoms with E-state index in [4.69, 9.17) is 20.9 Å². The molecule has 0 fully saturated rings. The van der Waals surface area contributed by atoms with Crippen molar-refractivity contribution in [3.05, 3.63) is 95.1 Å². The van der Waals surface area contributed by atoms with Crippen molar-refractivity contribution in [2.75, 3.05) is 18.1 Å². The molecule has 0 spiro atoms. The summed E-state index contributed by atoms with van der Waals surface area (Å²) < 4.78 is 75.9. The van der Waals surface area contributed by atoms with E-state index in [1.807, 2.05) is 0 Å². The van der Waals surface area contributed by atoms with Crippen LogP contribution < -0.4 is 16.2 Å². The van der Waals surface area contributed by atoms with Crippen LogP contribution in [0, 0.1) is 0 Å². The maximum atomic E-state index is 14.6. The molecule has 5 nitrogen and oxygen atoms in total. The standard InChI is InChI=1S/C29H29F5N2O3/c30-28(31,32)17-2-1-3-20-6-13-25(14-7-20)39-29(33,34)23-10-4-21(5-11-23)8-15-27(37)38-18-16-22-9-12-24(35)19-26(22)36/h4-15,19H,1-3,16-18,35-36H2/b15-8+. The second-order valence-electron chi connectivity index (χ2n) is 8.92. The average molecular weight is 549 g/mol. The molecule has 3 aromatic rings. The summed E-state index contributed by atoms with van der Waals surface area (Å²) in [5.74, 6) is -0.669. The summed E-state index contributed by atoms with van der Waals surface area (Å²) in [5, 5.41) is 0. The van der Waals surface area contributed by atoms with Crippen molar-refractivity contribution in [1.29, 1.82) is 0 Å². The van der Waals surface area contributed by atoms with Gasteiger partial charge in [0.15, 0.2) is 0 Å². The Kier molecular flexibility index (Phi) is 9.92. The van der Waals surface area contributed by atoms with Gasteiger partial charge in [0.1, 0.15) is 5.75 Å². The van der Waals surface area contributed by atoms with Gasteiger partial charge in [0.05, 0.1) is 12.2 Å². The van der Waals surface area contributed by atoms with Crippen LogP contribution in [0.4, 0.5) is 33.3 Å². The molecular weight excluding hydrogens is 519 g/mol. The molecule has 0 radical (unpaired) electrons. The Labute approximate surface area is 223 Å². The quantitative estimate of drug-likeness (QED) is 0.0833. The first-order chi connectivity index (χ1) is 18.4. The van der Waals surface area contributed by atoms with Crippen LogP contribution >= 0.6 is 0 Å². The summed E-state index contributed by atoms with van der Waals surface area (Å²) in [4.78, 5) is 12.0. The molecule has 0 saturated carbocycles. The van der Waals surface area contributed by atoms with Gasteiger partial charge in [0.25, 0.3) is 0 Å². The molecule has 3 aromatic carbocycles. The Morgan fingerprint density at radius 1 is 0.846 bits per heavy atom. The third-order valence-corrected chi connectivity index (χ3v) is 5.79. The SMILES string of the molecule is Nc1ccc(CCOC(=O)/C=C/c2ccc(C(F)(F)Oc3ccc(CCCCC(F)(F)F)cc3)cc2)c(N)c1. The Balaban J connectivity index is 1.47. The molecule has 3 rings (SSSR count). The first kappa shape index (κ1) is 29.5. The van der Waals surface area contributed by atoms with Crippen molar-refractivity contribution >= 4 is 23.4 Å². The average Bonchev–Trinajstić information content (AvgIpc) is 2.87. The van der Waals surface area contributed by atoms with Crippen LogP contribution in [-0.2, 0) is 28.5 Å².